The molecule has 0 aliphatic carbocycles. The van der Waals surface area contributed by atoms with Crippen molar-refractivity contribution in [3.8, 4) is 0 Å². The highest BCUT2D eigenvalue weighted by Gasteiger charge is 2.19. The standard InChI is InChI=1S/C56H102O6/c1-4-7-10-13-16-18-20-22-24-25-26-27-28-29-30-32-33-35-37-40-43-46-49-55(58)61-52-53(51-60-54(57)48-45-42-39-15-12-9-6-3)62-56(59)50-47-44-41-38-36-34-31-23-21-19-17-14-11-8-5-2/h8,11,17,19,23,31,53H,4-7,9-10,12-16,18,20-22,24-30,32-52H2,1-3H3/b11-8-,19-17-,31-23-. The van der Waals surface area contributed by atoms with E-state index in [1.807, 2.05) is 0 Å². The van der Waals surface area contributed by atoms with Gasteiger partial charge < -0.3 is 14.2 Å². The summed E-state index contributed by atoms with van der Waals surface area (Å²) in [4.78, 5) is 37.8. The first-order valence-corrected chi connectivity index (χ1v) is 27.0. The summed E-state index contributed by atoms with van der Waals surface area (Å²) in [6, 6.07) is 0. The zero-order valence-electron chi connectivity index (χ0n) is 41.4. The van der Waals surface area contributed by atoms with Gasteiger partial charge in [0.05, 0.1) is 0 Å². The Hall–Kier alpha value is -2.37. The number of hydrogen-bond acceptors (Lipinski definition) is 6. The molecule has 0 aliphatic heterocycles. The number of esters is 3. The van der Waals surface area contributed by atoms with Crippen molar-refractivity contribution in [1.29, 1.82) is 0 Å². The molecule has 6 heteroatoms. The first-order valence-electron chi connectivity index (χ1n) is 27.0. The average molecular weight is 871 g/mol. The van der Waals surface area contributed by atoms with Gasteiger partial charge in [-0.1, -0.05) is 250 Å². The topological polar surface area (TPSA) is 78.9 Å². The Morgan fingerprint density at radius 1 is 0.339 bits per heavy atom. The lowest BCUT2D eigenvalue weighted by atomic mass is 10.0. The van der Waals surface area contributed by atoms with Gasteiger partial charge >= 0.3 is 17.9 Å². The minimum atomic E-state index is -0.775. The predicted molar refractivity (Wildman–Crippen MR) is 266 cm³/mol. The van der Waals surface area contributed by atoms with Crippen molar-refractivity contribution in [2.24, 2.45) is 0 Å². The SMILES string of the molecule is CC/C=C\C/C=C\C/C=C\CCCCCCCC(=O)OC(COC(=O)CCCCCCCCC)COC(=O)CCCCCCCCCCCCCCCCCCCCCCCC. The summed E-state index contributed by atoms with van der Waals surface area (Å²) in [6.07, 6.45) is 60.2. The Morgan fingerprint density at radius 3 is 0.984 bits per heavy atom. The molecule has 0 aromatic rings. The highest BCUT2D eigenvalue weighted by molar-refractivity contribution is 5.71. The van der Waals surface area contributed by atoms with Crippen LogP contribution in [0.3, 0.4) is 0 Å². The van der Waals surface area contributed by atoms with Gasteiger partial charge in [0.1, 0.15) is 13.2 Å². The Kier molecular flexibility index (Phi) is 49.3. The molecule has 1 unspecified atom stereocenters. The van der Waals surface area contributed by atoms with E-state index in [1.54, 1.807) is 0 Å². The normalized spacial score (nSPS) is 12.2. The molecule has 0 aliphatic rings. The van der Waals surface area contributed by atoms with E-state index in [2.05, 4.69) is 57.2 Å². The third-order valence-electron chi connectivity index (χ3n) is 11.9. The molecule has 62 heavy (non-hydrogen) atoms. The van der Waals surface area contributed by atoms with Crippen molar-refractivity contribution in [2.45, 2.75) is 290 Å². The highest BCUT2D eigenvalue weighted by Crippen LogP contribution is 2.17. The fraction of sp³-hybridized carbons (Fsp3) is 0.839. The first-order chi connectivity index (χ1) is 30.5. The summed E-state index contributed by atoms with van der Waals surface area (Å²) in [5.41, 5.74) is 0. The van der Waals surface area contributed by atoms with E-state index in [0.29, 0.717) is 19.3 Å². The van der Waals surface area contributed by atoms with Crippen LogP contribution in [0.1, 0.15) is 284 Å². The third-order valence-corrected chi connectivity index (χ3v) is 11.9. The molecule has 0 aromatic carbocycles. The van der Waals surface area contributed by atoms with E-state index in [-0.39, 0.29) is 31.1 Å². The summed E-state index contributed by atoms with van der Waals surface area (Å²) in [5.74, 6) is -0.887. The maximum atomic E-state index is 12.8. The monoisotopic (exact) mass is 871 g/mol. The zero-order valence-corrected chi connectivity index (χ0v) is 41.4. The average Bonchev–Trinajstić information content (AvgIpc) is 3.27. The van der Waals surface area contributed by atoms with Crippen molar-refractivity contribution in [3.05, 3.63) is 36.5 Å². The maximum Gasteiger partial charge on any atom is 0.306 e. The Bertz CT molecular complexity index is 1050. The summed E-state index contributed by atoms with van der Waals surface area (Å²) < 4.78 is 16.7. The van der Waals surface area contributed by atoms with Gasteiger partial charge in [-0.15, -0.1) is 0 Å². The molecule has 0 N–H and O–H groups in total. The maximum absolute atomic E-state index is 12.8. The molecule has 0 heterocycles. The summed E-state index contributed by atoms with van der Waals surface area (Å²) in [5, 5.41) is 0. The Balaban J connectivity index is 4.16. The Labute approximate surface area is 385 Å². The molecule has 6 nitrogen and oxygen atoms in total. The molecule has 362 valence electrons. The summed E-state index contributed by atoms with van der Waals surface area (Å²) >= 11 is 0. The van der Waals surface area contributed by atoms with E-state index >= 15 is 0 Å². The molecule has 0 rings (SSSR count). The second-order valence-corrected chi connectivity index (χ2v) is 18.1. The van der Waals surface area contributed by atoms with E-state index in [0.717, 1.165) is 96.3 Å². The second kappa shape index (κ2) is 51.3. The van der Waals surface area contributed by atoms with Crippen LogP contribution in [0, 0.1) is 0 Å². The van der Waals surface area contributed by atoms with Gasteiger partial charge in [-0.05, 0) is 51.4 Å². The van der Waals surface area contributed by atoms with Crippen LogP contribution in [-0.4, -0.2) is 37.2 Å². The predicted octanol–water partition coefficient (Wildman–Crippen LogP) is 17.7. The van der Waals surface area contributed by atoms with Crippen molar-refractivity contribution in [2.75, 3.05) is 13.2 Å². The molecule has 0 amide bonds. The fourth-order valence-corrected chi connectivity index (χ4v) is 7.87. The number of ether oxygens (including phenoxy) is 3. The van der Waals surface area contributed by atoms with Gasteiger partial charge in [0.2, 0.25) is 0 Å². The number of rotatable bonds is 49. The summed E-state index contributed by atoms with van der Waals surface area (Å²) in [6.45, 7) is 6.50. The lowest BCUT2D eigenvalue weighted by Gasteiger charge is -2.18. The minimum Gasteiger partial charge on any atom is -0.462 e. The molecule has 0 spiro atoms. The second-order valence-electron chi connectivity index (χ2n) is 18.1. The number of carbonyl (C=O) groups excluding carboxylic acids is 3. The van der Waals surface area contributed by atoms with E-state index in [9.17, 15) is 14.4 Å². The van der Waals surface area contributed by atoms with E-state index in [1.165, 1.54) is 148 Å². The van der Waals surface area contributed by atoms with Crippen molar-refractivity contribution in [3.63, 3.8) is 0 Å². The largest absolute Gasteiger partial charge is 0.462 e. The zero-order chi connectivity index (χ0) is 45.1. The number of unbranched alkanes of at least 4 members (excludes halogenated alkanes) is 32. The Morgan fingerprint density at radius 2 is 0.629 bits per heavy atom. The highest BCUT2D eigenvalue weighted by atomic mass is 16.6. The van der Waals surface area contributed by atoms with Crippen molar-refractivity contribution < 1.29 is 28.6 Å². The molecule has 1 atom stereocenters. The van der Waals surface area contributed by atoms with Gasteiger partial charge in [-0.25, -0.2) is 0 Å². The van der Waals surface area contributed by atoms with Crippen LogP contribution in [0.2, 0.25) is 0 Å². The molecular formula is C56H102O6. The van der Waals surface area contributed by atoms with Gasteiger partial charge in [0, 0.05) is 19.3 Å². The molecule has 0 saturated heterocycles. The van der Waals surface area contributed by atoms with Crippen LogP contribution in [0.25, 0.3) is 0 Å². The van der Waals surface area contributed by atoms with E-state index < -0.39 is 6.10 Å². The first kappa shape index (κ1) is 59.6. The van der Waals surface area contributed by atoms with Crippen LogP contribution < -0.4 is 0 Å². The smallest absolute Gasteiger partial charge is 0.306 e. The van der Waals surface area contributed by atoms with Crippen LogP contribution >= 0.6 is 0 Å². The molecule has 0 saturated carbocycles. The van der Waals surface area contributed by atoms with Gasteiger partial charge in [0.25, 0.3) is 0 Å². The lowest BCUT2D eigenvalue weighted by Crippen LogP contribution is -2.30. The van der Waals surface area contributed by atoms with Gasteiger partial charge in [-0.3, -0.25) is 14.4 Å². The quantitative estimate of drug-likeness (QED) is 0.0262. The van der Waals surface area contributed by atoms with Crippen molar-refractivity contribution >= 4 is 17.9 Å². The van der Waals surface area contributed by atoms with Crippen molar-refractivity contribution in [1.82, 2.24) is 0 Å². The lowest BCUT2D eigenvalue weighted by molar-refractivity contribution is -0.167. The fourth-order valence-electron chi connectivity index (χ4n) is 7.87. The van der Waals surface area contributed by atoms with E-state index in [4.69, 9.17) is 14.2 Å². The van der Waals surface area contributed by atoms with Crippen LogP contribution in [-0.2, 0) is 28.6 Å². The van der Waals surface area contributed by atoms with Crippen LogP contribution in [0.15, 0.2) is 36.5 Å². The van der Waals surface area contributed by atoms with Crippen LogP contribution in [0.4, 0.5) is 0 Å². The number of allylic oxidation sites excluding steroid dienone is 6. The van der Waals surface area contributed by atoms with Gasteiger partial charge in [-0.2, -0.15) is 0 Å². The van der Waals surface area contributed by atoms with Gasteiger partial charge in [0.15, 0.2) is 6.10 Å². The molecule has 0 radical (unpaired) electrons. The minimum absolute atomic E-state index is 0.0756. The number of hydrogen-bond donors (Lipinski definition) is 0. The molecule has 0 bridgehead atoms. The number of carbonyl (C=O) groups is 3. The van der Waals surface area contributed by atoms with Crippen LogP contribution in [0.5, 0.6) is 0 Å². The molecule has 0 fully saturated rings. The molecule has 0 aromatic heterocycles. The molecular weight excluding hydrogens is 769 g/mol. The third kappa shape index (κ3) is 48.7. The summed E-state index contributed by atoms with van der Waals surface area (Å²) in [7, 11) is 0.